The van der Waals surface area contributed by atoms with Crippen molar-refractivity contribution < 1.29 is 19.1 Å². The molecule has 1 heterocycles. The van der Waals surface area contributed by atoms with E-state index in [-0.39, 0.29) is 11.5 Å². The van der Waals surface area contributed by atoms with Crippen LogP contribution in [0.5, 0.6) is 0 Å². The van der Waals surface area contributed by atoms with E-state index in [2.05, 4.69) is 29.5 Å². The van der Waals surface area contributed by atoms with Crippen LogP contribution in [0.25, 0.3) is 0 Å². The van der Waals surface area contributed by atoms with Gasteiger partial charge in [-0.2, -0.15) is 0 Å². The Morgan fingerprint density at radius 2 is 2.04 bits per heavy atom. The first-order chi connectivity index (χ1) is 12.8. The van der Waals surface area contributed by atoms with Crippen molar-refractivity contribution in [2.75, 3.05) is 23.8 Å². The molecule has 0 aliphatic rings. The summed E-state index contributed by atoms with van der Waals surface area (Å²) in [6, 6.07) is 6.55. The number of nitrogens with one attached hydrogen (secondary N) is 2. The first-order valence-corrected chi connectivity index (χ1v) is 9.50. The van der Waals surface area contributed by atoms with Gasteiger partial charge in [-0.25, -0.2) is 9.78 Å². The molecule has 0 aliphatic heterocycles. The van der Waals surface area contributed by atoms with Gasteiger partial charge in [0.1, 0.15) is 0 Å². The van der Waals surface area contributed by atoms with Gasteiger partial charge in [0.05, 0.1) is 0 Å². The van der Waals surface area contributed by atoms with Crippen LogP contribution in [0.2, 0.25) is 0 Å². The second-order valence-corrected chi connectivity index (χ2v) is 7.27. The van der Waals surface area contributed by atoms with Crippen LogP contribution >= 0.6 is 11.3 Å². The monoisotopic (exact) mass is 389 g/mol. The SMILES string of the molecule is CC(=O)c1cccc(NC(=O)COC(=O)c2csc(NCCC(C)C)n2)c1. The topological polar surface area (TPSA) is 97.4 Å². The van der Waals surface area contributed by atoms with Gasteiger partial charge in [0.2, 0.25) is 0 Å². The summed E-state index contributed by atoms with van der Waals surface area (Å²) in [6.45, 7) is 6.06. The number of benzene rings is 1. The Kier molecular flexibility index (Phi) is 7.48. The quantitative estimate of drug-likeness (QED) is 0.502. The highest BCUT2D eigenvalue weighted by atomic mass is 32.1. The lowest BCUT2D eigenvalue weighted by Crippen LogP contribution is -2.21. The van der Waals surface area contributed by atoms with Crippen LogP contribution in [0, 0.1) is 5.92 Å². The Morgan fingerprint density at radius 1 is 1.26 bits per heavy atom. The van der Waals surface area contributed by atoms with E-state index in [0.717, 1.165) is 13.0 Å². The van der Waals surface area contributed by atoms with E-state index < -0.39 is 18.5 Å². The van der Waals surface area contributed by atoms with Crippen LogP contribution in [0.1, 0.15) is 48.0 Å². The fourth-order valence-electron chi connectivity index (χ4n) is 2.13. The van der Waals surface area contributed by atoms with E-state index in [1.165, 1.54) is 18.3 Å². The predicted octanol–water partition coefficient (Wildman–Crippen LogP) is 3.60. The summed E-state index contributed by atoms with van der Waals surface area (Å²) in [6.07, 6.45) is 1.00. The maximum Gasteiger partial charge on any atom is 0.358 e. The van der Waals surface area contributed by atoms with Crippen molar-refractivity contribution in [2.45, 2.75) is 27.2 Å². The Hall–Kier alpha value is -2.74. The number of esters is 1. The molecule has 8 heteroatoms. The molecule has 27 heavy (non-hydrogen) atoms. The Balaban J connectivity index is 1.81. The fourth-order valence-corrected chi connectivity index (χ4v) is 2.84. The van der Waals surface area contributed by atoms with Gasteiger partial charge in [-0.15, -0.1) is 11.3 Å². The molecule has 0 fully saturated rings. The maximum atomic E-state index is 12.0. The van der Waals surface area contributed by atoms with E-state index in [9.17, 15) is 14.4 Å². The molecule has 2 aromatic rings. The molecule has 2 N–H and O–H groups in total. The largest absolute Gasteiger partial charge is 0.451 e. The van der Waals surface area contributed by atoms with Gasteiger partial charge in [-0.05, 0) is 31.4 Å². The fraction of sp³-hybridized carbons (Fsp3) is 0.368. The number of hydrogen-bond acceptors (Lipinski definition) is 7. The lowest BCUT2D eigenvalue weighted by molar-refractivity contribution is -0.119. The lowest BCUT2D eigenvalue weighted by atomic mass is 10.1. The van der Waals surface area contributed by atoms with Crippen LogP contribution in [0.3, 0.4) is 0 Å². The van der Waals surface area contributed by atoms with Crippen LogP contribution in [0.15, 0.2) is 29.6 Å². The third-order valence-electron chi connectivity index (χ3n) is 3.60. The minimum absolute atomic E-state index is 0.0983. The molecule has 0 radical (unpaired) electrons. The molecule has 0 aliphatic carbocycles. The number of amides is 1. The number of aromatic nitrogens is 1. The van der Waals surface area contributed by atoms with Crippen molar-refractivity contribution in [2.24, 2.45) is 5.92 Å². The van der Waals surface area contributed by atoms with Crippen molar-refractivity contribution in [3.63, 3.8) is 0 Å². The lowest BCUT2D eigenvalue weighted by Gasteiger charge is -2.07. The van der Waals surface area contributed by atoms with Gasteiger partial charge in [-0.1, -0.05) is 26.0 Å². The molecule has 0 bridgehead atoms. The first-order valence-electron chi connectivity index (χ1n) is 8.62. The van der Waals surface area contributed by atoms with Crippen molar-refractivity contribution in [1.82, 2.24) is 4.98 Å². The average molecular weight is 389 g/mol. The summed E-state index contributed by atoms with van der Waals surface area (Å²) in [5.41, 5.74) is 1.12. The van der Waals surface area contributed by atoms with Crippen LogP contribution in [-0.2, 0) is 9.53 Å². The average Bonchev–Trinajstić information content (AvgIpc) is 3.08. The number of hydrogen-bond donors (Lipinski definition) is 2. The molecule has 1 amide bonds. The standard InChI is InChI=1S/C19H23N3O4S/c1-12(2)7-8-20-19-22-16(11-27-19)18(25)26-10-17(24)21-15-6-4-5-14(9-15)13(3)23/h4-6,9,11-12H,7-8,10H2,1-3H3,(H,20,22)(H,21,24). The summed E-state index contributed by atoms with van der Waals surface area (Å²) < 4.78 is 4.99. The zero-order valence-corrected chi connectivity index (χ0v) is 16.4. The molecule has 1 aromatic carbocycles. The number of anilines is 2. The summed E-state index contributed by atoms with van der Waals surface area (Å²) in [5.74, 6) is -0.666. The molecule has 0 saturated carbocycles. The van der Waals surface area contributed by atoms with Gasteiger partial charge in [0.25, 0.3) is 5.91 Å². The third-order valence-corrected chi connectivity index (χ3v) is 4.40. The molecular formula is C19H23N3O4S. The number of thiazole rings is 1. The van der Waals surface area contributed by atoms with E-state index >= 15 is 0 Å². The second kappa shape index (κ2) is 9.82. The molecule has 1 aromatic heterocycles. The highest BCUT2D eigenvalue weighted by Gasteiger charge is 2.14. The molecule has 0 spiro atoms. The zero-order valence-electron chi connectivity index (χ0n) is 15.6. The van der Waals surface area contributed by atoms with Gasteiger partial charge in [-0.3, -0.25) is 9.59 Å². The second-order valence-electron chi connectivity index (χ2n) is 6.41. The molecule has 144 valence electrons. The predicted molar refractivity (Wildman–Crippen MR) is 105 cm³/mol. The minimum atomic E-state index is -0.657. The number of ketones is 1. The molecule has 7 nitrogen and oxygen atoms in total. The number of rotatable bonds is 9. The van der Waals surface area contributed by atoms with Gasteiger partial charge < -0.3 is 15.4 Å². The van der Waals surface area contributed by atoms with Crippen molar-refractivity contribution >= 4 is 39.8 Å². The summed E-state index contributed by atoms with van der Waals surface area (Å²) in [5, 5.41) is 7.98. The maximum absolute atomic E-state index is 12.0. The van der Waals surface area contributed by atoms with Crippen molar-refractivity contribution in [3.8, 4) is 0 Å². The van der Waals surface area contributed by atoms with Crippen LogP contribution in [0.4, 0.5) is 10.8 Å². The van der Waals surface area contributed by atoms with E-state index in [4.69, 9.17) is 4.74 Å². The van der Waals surface area contributed by atoms with E-state index in [0.29, 0.717) is 22.3 Å². The molecule has 0 saturated heterocycles. The Bertz CT molecular complexity index is 817. The normalized spacial score (nSPS) is 10.5. The highest BCUT2D eigenvalue weighted by Crippen LogP contribution is 2.17. The molecule has 0 unspecified atom stereocenters. The van der Waals surface area contributed by atoms with E-state index in [1.54, 1.807) is 29.6 Å². The van der Waals surface area contributed by atoms with E-state index in [1.807, 2.05) is 0 Å². The number of carbonyl (C=O) groups is 3. The number of Topliss-reactive ketones (excluding diaryl/α,β-unsaturated/α-hetero) is 1. The van der Waals surface area contributed by atoms with Gasteiger partial charge in [0.15, 0.2) is 23.2 Å². The first kappa shape index (κ1) is 20.6. The number of carbonyl (C=O) groups excluding carboxylic acids is 3. The minimum Gasteiger partial charge on any atom is -0.451 e. The van der Waals surface area contributed by atoms with Crippen LogP contribution < -0.4 is 10.6 Å². The smallest absolute Gasteiger partial charge is 0.358 e. The Morgan fingerprint density at radius 3 is 2.74 bits per heavy atom. The Labute approximate surface area is 162 Å². The van der Waals surface area contributed by atoms with Gasteiger partial charge >= 0.3 is 5.97 Å². The van der Waals surface area contributed by atoms with Gasteiger partial charge in [0, 0.05) is 23.2 Å². The summed E-state index contributed by atoms with van der Waals surface area (Å²) in [4.78, 5) is 39.5. The highest BCUT2D eigenvalue weighted by molar-refractivity contribution is 7.13. The molecule has 0 atom stereocenters. The summed E-state index contributed by atoms with van der Waals surface area (Å²) >= 11 is 1.32. The number of nitrogens with zero attached hydrogens (tertiary/aromatic N) is 1. The van der Waals surface area contributed by atoms with Crippen molar-refractivity contribution in [1.29, 1.82) is 0 Å². The molecule has 2 rings (SSSR count). The van der Waals surface area contributed by atoms with Crippen molar-refractivity contribution in [3.05, 3.63) is 40.9 Å². The summed E-state index contributed by atoms with van der Waals surface area (Å²) in [7, 11) is 0. The zero-order chi connectivity index (χ0) is 19.8. The number of ether oxygens (including phenoxy) is 1. The third kappa shape index (κ3) is 6.82. The van der Waals surface area contributed by atoms with Crippen LogP contribution in [-0.4, -0.2) is 35.8 Å². The molecular weight excluding hydrogens is 366 g/mol.